The molecule has 0 fully saturated rings. The SMILES string of the molecule is NC(=O)c1ccc(N)cc1OCc1ccc(C(=O)O)cc1. The number of rotatable bonds is 5. The number of amides is 1. The van der Waals surface area contributed by atoms with Crippen molar-refractivity contribution in [3.05, 3.63) is 59.2 Å². The maximum Gasteiger partial charge on any atom is 0.335 e. The second-order valence-corrected chi connectivity index (χ2v) is 4.41. The highest BCUT2D eigenvalue weighted by molar-refractivity contribution is 5.96. The van der Waals surface area contributed by atoms with Crippen LogP contribution in [0.3, 0.4) is 0 Å². The number of carboxylic acid groups (broad SMARTS) is 1. The summed E-state index contributed by atoms with van der Waals surface area (Å²) in [6.07, 6.45) is 0. The molecule has 108 valence electrons. The molecule has 6 nitrogen and oxygen atoms in total. The largest absolute Gasteiger partial charge is 0.488 e. The number of carbonyl (C=O) groups excluding carboxylic acids is 1. The van der Waals surface area contributed by atoms with E-state index in [0.29, 0.717) is 11.4 Å². The second-order valence-electron chi connectivity index (χ2n) is 4.41. The van der Waals surface area contributed by atoms with Crippen LogP contribution in [0.5, 0.6) is 5.75 Å². The van der Waals surface area contributed by atoms with Gasteiger partial charge in [0.2, 0.25) is 0 Å². The number of carboxylic acids is 1. The molecule has 0 heterocycles. The quantitative estimate of drug-likeness (QED) is 0.723. The Balaban J connectivity index is 2.14. The number of nitrogen functional groups attached to an aromatic ring is 1. The minimum atomic E-state index is -0.991. The number of anilines is 1. The van der Waals surface area contributed by atoms with E-state index in [9.17, 15) is 9.59 Å². The first kappa shape index (κ1) is 14.4. The van der Waals surface area contributed by atoms with Gasteiger partial charge in [-0.05, 0) is 29.8 Å². The number of primary amides is 1. The monoisotopic (exact) mass is 286 g/mol. The van der Waals surface area contributed by atoms with Crippen LogP contribution in [-0.4, -0.2) is 17.0 Å². The van der Waals surface area contributed by atoms with E-state index in [1.807, 2.05) is 0 Å². The predicted octanol–water partition coefficient (Wildman–Crippen LogP) is 1.64. The van der Waals surface area contributed by atoms with Crippen LogP contribution >= 0.6 is 0 Å². The molecule has 0 unspecified atom stereocenters. The molecule has 0 aliphatic carbocycles. The van der Waals surface area contributed by atoms with Crippen LogP contribution in [0.1, 0.15) is 26.3 Å². The Kier molecular flexibility index (Phi) is 4.08. The van der Waals surface area contributed by atoms with Crippen molar-refractivity contribution < 1.29 is 19.4 Å². The van der Waals surface area contributed by atoms with Crippen molar-refractivity contribution in [2.45, 2.75) is 6.61 Å². The molecule has 0 atom stereocenters. The maximum absolute atomic E-state index is 11.3. The van der Waals surface area contributed by atoms with E-state index in [-0.39, 0.29) is 17.7 Å². The van der Waals surface area contributed by atoms with E-state index in [1.165, 1.54) is 24.3 Å². The minimum absolute atomic E-state index is 0.170. The fraction of sp³-hybridized carbons (Fsp3) is 0.0667. The number of hydrogen-bond donors (Lipinski definition) is 3. The van der Waals surface area contributed by atoms with Gasteiger partial charge in [0.1, 0.15) is 12.4 Å². The predicted molar refractivity (Wildman–Crippen MR) is 77.1 cm³/mol. The number of carbonyl (C=O) groups is 2. The molecule has 0 bridgehead atoms. The smallest absolute Gasteiger partial charge is 0.335 e. The highest BCUT2D eigenvalue weighted by atomic mass is 16.5. The normalized spacial score (nSPS) is 10.1. The summed E-state index contributed by atoms with van der Waals surface area (Å²) < 4.78 is 5.54. The summed E-state index contributed by atoms with van der Waals surface area (Å²) in [5.74, 6) is -1.30. The molecule has 0 aliphatic rings. The van der Waals surface area contributed by atoms with Gasteiger partial charge < -0.3 is 21.3 Å². The fourth-order valence-electron chi connectivity index (χ4n) is 1.77. The molecule has 5 N–H and O–H groups in total. The molecular weight excluding hydrogens is 272 g/mol. The molecule has 0 radical (unpaired) electrons. The highest BCUT2D eigenvalue weighted by Gasteiger charge is 2.10. The number of ether oxygens (including phenoxy) is 1. The highest BCUT2D eigenvalue weighted by Crippen LogP contribution is 2.22. The van der Waals surface area contributed by atoms with Gasteiger partial charge in [0.25, 0.3) is 5.91 Å². The van der Waals surface area contributed by atoms with E-state index < -0.39 is 11.9 Å². The first-order valence-corrected chi connectivity index (χ1v) is 6.11. The minimum Gasteiger partial charge on any atom is -0.488 e. The summed E-state index contributed by atoms with van der Waals surface area (Å²) >= 11 is 0. The molecule has 0 aliphatic heterocycles. The molecule has 0 saturated carbocycles. The average molecular weight is 286 g/mol. The molecule has 2 rings (SSSR count). The molecule has 2 aromatic rings. The van der Waals surface area contributed by atoms with Gasteiger partial charge in [0.15, 0.2) is 0 Å². The second kappa shape index (κ2) is 5.96. The summed E-state index contributed by atoms with van der Waals surface area (Å²) in [4.78, 5) is 22.1. The average Bonchev–Trinajstić information content (AvgIpc) is 2.45. The van der Waals surface area contributed by atoms with Crippen LogP contribution in [0.25, 0.3) is 0 Å². The third-order valence-corrected chi connectivity index (χ3v) is 2.87. The van der Waals surface area contributed by atoms with Crippen molar-refractivity contribution in [1.82, 2.24) is 0 Å². The molecule has 21 heavy (non-hydrogen) atoms. The zero-order valence-corrected chi connectivity index (χ0v) is 11.1. The van der Waals surface area contributed by atoms with Crippen LogP contribution in [0, 0.1) is 0 Å². The van der Waals surface area contributed by atoms with E-state index >= 15 is 0 Å². The van der Waals surface area contributed by atoms with Gasteiger partial charge in [0.05, 0.1) is 11.1 Å². The van der Waals surface area contributed by atoms with E-state index in [1.54, 1.807) is 18.2 Å². The van der Waals surface area contributed by atoms with Crippen LogP contribution in [0.4, 0.5) is 5.69 Å². The van der Waals surface area contributed by atoms with Gasteiger partial charge in [-0.2, -0.15) is 0 Å². The fourth-order valence-corrected chi connectivity index (χ4v) is 1.77. The lowest BCUT2D eigenvalue weighted by Gasteiger charge is -2.10. The Morgan fingerprint density at radius 2 is 1.76 bits per heavy atom. The topological polar surface area (TPSA) is 116 Å². The molecule has 0 spiro atoms. The van der Waals surface area contributed by atoms with Gasteiger partial charge in [-0.15, -0.1) is 0 Å². The Morgan fingerprint density at radius 3 is 2.33 bits per heavy atom. The van der Waals surface area contributed by atoms with Crippen LogP contribution in [0.2, 0.25) is 0 Å². The van der Waals surface area contributed by atoms with Gasteiger partial charge >= 0.3 is 5.97 Å². The maximum atomic E-state index is 11.3. The van der Waals surface area contributed by atoms with Gasteiger partial charge in [-0.25, -0.2) is 4.79 Å². The first-order valence-electron chi connectivity index (χ1n) is 6.11. The Bertz CT molecular complexity index is 681. The molecule has 0 saturated heterocycles. The molecule has 2 aromatic carbocycles. The number of aromatic carboxylic acids is 1. The van der Waals surface area contributed by atoms with Crippen LogP contribution in [0.15, 0.2) is 42.5 Å². The lowest BCUT2D eigenvalue weighted by Crippen LogP contribution is -2.13. The Morgan fingerprint density at radius 1 is 1.10 bits per heavy atom. The summed E-state index contributed by atoms with van der Waals surface area (Å²) in [7, 11) is 0. The van der Waals surface area contributed by atoms with Crippen molar-refractivity contribution in [3.8, 4) is 5.75 Å². The van der Waals surface area contributed by atoms with E-state index in [4.69, 9.17) is 21.3 Å². The van der Waals surface area contributed by atoms with Crippen LogP contribution in [-0.2, 0) is 6.61 Å². The molecular formula is C15H14N2O4. The molecule has 1 amide bonds. The summed E-state index contributed by atoms with van der Waals surface area (Å²) in [5, 5.41) is 8.82. The lowest BCUT2D eigenvalue weighted by atomic mass is 10.1. The summed E-state index contributed by atoms with van der Waals surface area (Å²) in [6.45, 7) is 0.170. The Labute approximate surface area is 120 Å². The van der Waals surface area contributed by atoms with Crippen molar-refractivity contribution in [2.24, 2.45) is 5.73 Å². The summed E-state index contributed by atoms with van der Waals surface area (Å²) in [6, 6.07) is 10.8. The summed E-state index contributed by atoms with van der Waals surface area (Å²) in [5.41, 5.74) is 12.6. The third kappa shape index (κ3) is 3.50. The van der Waals surface area contributed by atoms with Gasteiger partial charge in [-0.1, -0.05) is 12.1 Å². The zero-order chi connectivity index (χ0) is 15.4. The Hall–Kier alpha value is -3.02. The van der Waals surface area contributed by atoms with Gasteiger partial charge in [-0.3, -0.25) is 4.79 Å². The number of hydrogen-bond acceptors (Lipinski definition) is 4. The van der Waals surface area contributed by atoms with E-state index in [0.717, 1.165) is 5.56 Å². The van der Waals surface area contributed by atoms with Crippen molar-refractivity contribution >= 4 is 17.6 Å². The molecule has 0 aromatic heterocycles. The van der Waals surface area contributed by atoms with E-state index in [2.05, 4.69) is 0 Å². The van der Waals surface area contributed by atoms with Crippen molar-refractivity contribution in [3.63, 3.8) is 0 Å². The third-order valence-electron chi connectivity index (χ3n) is 2.87. The first-order chi connectivity index (χ1) is 9.97. The van der Waals surface area contributed by atoms with Crippen molar-refractivity contribution in [1.29, 1.82) is 0 Å². The standard InChI is InChI=1S/C15H14N2O4/c16-11-5-6-12(14(17)18)13(7-11)21-8-9-1-3-10(4-2-9)15(19)20/h1-7H,8,16H2,(H2,17,18)(H,19,20). The van der Waals surface area contributed by atoms with Crippen molar-refractivity contribution in [2.75, 3.05) is 5.73 Å². The molecule has 6 heteroatoms. The van der Waals surface area contributed by atoms with Gasteiger partial charge in [0, 0.05) is 11.8 Å². The number of nitrogens with two attached hydrogens (primary N) is 2. The number of benzene rings is 2. The van der Waals surface area contributed by atoms with Crippen LogP contribution < -0.4 is 16.2 Å². The zero-order valence-electron chi connectivity index (χ0n) is 11.1. The lowest BCUT2D eigenvalue weighted by molar-refractivity contribution is 0.0696.